The van der Waals surface area contributed by atoms with E-state index in [2.05, 4.69) is 20.8 Å². The Morgan fingerprint density at radius 3 is 1.43 bits per heavy atom. The summed E-state index contributed by atoms with van der Waals surface area (Å²) >= 11 is 0.934. The van der Waals surface area contributed by atoms with E-state index in [0.717, 1.165) is 18.7 Å². The van der Waals surface area contributed by atoms with Gasteiger partial charge >= 0.3 is 48.6 Å². The van der Waals surface area contributed by atoms with Gasteiger partial charge in [-0.25, -0.2) is 0 Å². The van der Waals surface area contributed by atoms with Gasteiger partial charge in [0.2, 0.25) is 0 Å². The number of halogens is 1. The summed E-state index contributed by atoms with van der Waals surface area (Å²) in [5.41, 5.74) is 0.0972. The third kappa shape index (κ3) is 10.9. The molecule has 0 saturated carbocycles. The van der Waals surface area contributed by atoms with E-state index >= 15 is 0 Å². The van der Waals surface area contributed by atoms with E-state index in [4.69, 9.17) is 3.56 Å². The normalized spacial score (nSPS) is 10.4. The first-order chi connectivity index (χ1) is 2.56. The molecule has 7 heavy (non-hydrogen) atoms. The summed E-state index contributed by atoms with van der Waals surface area (Å²) < 4.78 is 5.06. The molecular formula is C4H10ClOZn. The van der Waals surface area contributed by atoms with Gasteiger partial charge in [0.1, 0.15) is 0 Å². The van der Waals surface area contributed by atoms with Crippen molar-refractivity contribution < 1.29 is 22.2 Å². The quantitative estimate of drug-likeness (QED) is 0.509. The van der Waals surface area contributed by atoms with Gasteiger partial charge in [0, 0.05) is 0 Å². The fraction of sp³-hybridized carbons (Fsp3) is 1.00. The molecule has 3 heteroatoms. The van der Waals surface area contributed by atoms with Gasteiger partial charge < -0.3 is 0 Å². The van der Waals surface area contributed by atoms with E-state index in [-0.39, 0.29) is 18.0 Å². The number of hydrogen-bond acceptors (Lipinski definition) is 1. The summed E-state index contributed by atoms with van der Waals surface area (Å²) in [6, 6.07) is 0. The molecule has 0 radical (unpaired) electrons. The van der Waals surface area contributed by atoms with E-state index < -0.39 is 0 Å². The number of hydrogen-bond donors (Lipinski definition) is 0. The Morgan fingerprint density at radius 1 is 1.29 bits per heavy atom. The van der Waals surface area contributed by atoms with Gasteiger partial charge in [-0.15, -0.1) is 12.4 Å². The maximum absolute atomic E-state index is 5.06. The Morgan fingerprint density at radius 2 is 1.43 bits per heavy atom. The summed E-state index contributed by atoms with van der Waals surface area (Å²) in [6.07, 6.45) is 0. The van der Waals surface area contributed by atoms with Crippen molar-refractivity contribution in [1.29, 1.82) is 0 Å². The molecule has 0 rings (SSSR count). The predicted octanol–water partition coefficient (Wildman–Crippen LogP) is 1.69. The van der Waals surface area contributed by atoms with Gasteiger partial charge in [-0.2, -0.15) is 0 Å². The zero-order chi connectivity index (χ0) is 5.21. The molecule has 41 valence electrons. The molecule has 0 N–H and O–H groups in total. The topological polar surface area (TPSA) is 9.23 Å². The molecule has 0 aromatic heterocycles. The first-order valence-corrected chi connectivity index (χ1v) is 3.20. The van der Waals surface area contributed by atoms with Crippen LogP contribution in [0.15, 0.2) is 0 Å². The summed E-state index contributed by atoms with van der Waals surface area (Å²) in [6.45, 7) is 6.16. The van der Waals surface area contributed by atoms with Crippen LogP contribution >= 0.6 is 12.4 Å². The Labute approximate surface area is 61.3 Å². The van der Waals surface area contributed by atoms with Gasteiger partial charge in [-0.1, -0.05) is 0 Å². The Bertz CT molecular complexity index is 41.4. The summed E-state index contributed by atoms with van der Waals surface area (Å²) in [4.78, 5) is 0. The van der Waals surface area contributed by atoms with Crippen molar-refractivity contribution in [2.75, 3.05) is 0 Å². The minimum atomic E-state index is 0. The fourth-order valence-electron chi connectivity index (χ4n) is 0. The van der Waals surface area contributed by atoms with E-state index in [9.17, 15) is 0 Å². The summed E-state index contributed by atoms with van der Waals surface area (Å²) in [5.74, 6) is 0. The maximum atomic E-state index is 5.06. The molecule has 0 saturated heterocycles. The molecular weight excluding hydrogens is 165 g/mol. The van der Waals surface area contributed by atoms with Crippen molar-refractivity contribution in [2.45, 2.75) is 26.4 Å². The molecule has 0 atom stereocenters. The van der Waals surface area contributed by atoms with Crippen molar-refractivity contribution >= 4 is 12.4 Å². The SMILES string of the molecule is CC(C)(C)[O][Zn].Cl. The first kappa shape index (κ1) is 10.8. The van der Waals surface area contributed by atoms with Crippen LogP contribution in [0.4, 0.5) is 0 Å². The molecule has 0 amide bonds. The van der Waals surface area contributed by atoms with Crippen molar-refractivity contribution in [3.63, 3.8) is 0 Å². The average Bonchev–Trinajstić information content (AvgIpc) is 1.35. The zero-order valence-electron chi connectivity index (χ0n) is 5.02. The first-order valence-electron chi connectivity index (χ1n) is 1.99. The molecule has 0 heterocycles. The van der Waals surface area contributed by atoms with Crippen LogP contribution in [0.2, 0.25) is 0 Å². The molecule has 1 nitrogen and oxygen atoms in total. The van der Waals surface area contributed by atoms with Crippen LogP contribution in [0.1, 0.15) is 20.8 Å². The molecule has 0 bridgehead atoms. The minimum absolute atomic E-state index is 0. The fourth-order valence-corrected chi connectivity index (χ4v) is 0. The van der Waals surface area contributed by atoms with Crippen LogP contribution < -0.4 is 0 Å². The maximum Gasteiger partial charge on any atom is -0.147 e. The second kappa shape index (κ2) is 3.82. The van der Waals surface area contributed by atoms with Crippen LogP contribution in [0.5, 0.6) is 0 Å². The van der Waals surface area contributed by atoms with Crippen LogP contribution in [0.3, 0.4) is 0 Å². The zero-order valence-corrected chi connectivity index (χ0v) is 8.81. The van der Waals surface area contributed by atoms with Crippen molar-refractivity contribution in [3.05, 3.63) is 0 Å². The molecule has 0 aliphatic heterocycles. The van der Waals surface area contributed by atoms with Gasteiger partial charge in [0.15, 0.2) is 0 Å². The third-order valence-electron chi connectivity index (χ3n) is 0.433. The van der Waals surface area contributed by atoms with E-state index in [1.54, 1.807) is 0 Å². The molecule has 0 aliphatic rings. The predicted molar refractivity (Wildman–Crippen MR) is 28.1 cm³/mol. The van der Waals surface area contributed by atoms with Gasteiger partial charge in [-0.05, 0) is 0 Å². The van der Waals surface area contributed by atoms with Crippen LogP contribution in [0, 0.1) is 0 Å². The molecule has 0 aromatic carbocycles. The van der Waals surface area contributed by atoms with Gasteiger partial charge in [-0.3, -0.25) is 0 Å². The van der Waals surface area contributed by atoms with E-state index in [1.807, 2.05) is 0 Å². The second-order valence-electron chi connectivity index (χ2n) is 2.26. The third-order valence-corrected chi connectivity index (χ3v) is 2.25. The second-order valence-corrected chi connectivity index (χ2v) is 2.86. The molecule has 0 unspecified atom stereocenters. The van der Waals surface area contributed by atoms with Crippen LogP contribution in [-0.4, -0.2) is 5.60 Å². The Balaban J connectivity index is 0. The van der Waals surface area contributed by atoms with Crippen molar-refractivity contribution in [2.24, 2.45) is 0 Å². The molecule has 0 aromatic rings. The van der Waals surface area contributed by atoms with Crippen molar-refractivity contribution in [3.8, 4) is 0 Å². The Hall–Kier alpha value is 0.873. The largest absolute Gasteiger partial charge is 0.147 e. The standard InChI is InChI=1S/C4H9O.ClH.Zn/c1-4(2,3)5;;/h1-3H3;1H;/q-1;;+1. The molecule has 0 fully saturated rings. The summed E-state index contributed by atoms with van der Waals surface area (Å²) in [7, 11) is 0. The average molecular weight is 175 g/mol. The van der Waals surface area contributed by atoms with Crippen LogP contribution in [-0.2, 0) is 22.2 Å². The smallest absolute Gasteiger partial charge is 0.147 e. The van der Waals surface area contributed by atoms with Gasteiger partial charge in [0.05, 0.1) is 0 Å². The monoisotopic (exact) mass is 173 g/mol. The number of rotatable bonds is 0. The van der Waals surface area contributed by atoms with E-state index in [0.29, 0.717) is 0 Å². The van der Waals surface area contributed by atoms with Crippen LogP contribution in [0.25, 0.3) is 0 Å². The Kier molecular flexibility index (Phi) is 5.89. The van der Waals surface area contributed by atoms with Crippen molar-refractivity contribution in [1.82, 2.24) is 0 Å². The molecule has 0 aliphatic carbocycles. The summed E-state index contributed by atoms with van der Waals surface area (Å²) in [5, 5.41) is 0. The molecule has 0 spiro atoms. The van der Waals surface area contributed by atoms with Gasteiger partial charge in [0.25, 0.3) is 0 Å². The minimum Gasteiger partial charge on any atom is -0.147 e. The van der Waals surface area contributed by atoms with E-state index in [1.165, 1.54) is 0 Å².